The van der Waals surface area contributed by atoms with E-state index in [1.54, 1.807) is 24.3 Å². The monoisotopic (exact) mass is 719 g/mol. The first-order valence-electron chi connectivity index (χ1n) is 16.5. The fourth-order valence-corrected chi connectivity index (χ4v) is 5.41. The maximum atomic E-state index is 13.5. The SMILES string of the molecule is CCCCCCNC(=O)c1ccc(COC(=O)c2cc(OC(=O)c3ccc4c(c3)C(=O)OC4=O)ccc2OC(=O)c2ccc3c(c2)C(=O)OC3=O)cc1. The third kappa shape index (κ3) is 8.01. The quantitative estimate of drug-likeness (QED) is 0.0606. The number of benzene rings is 4. The van der Waals surface area contributed by atoms with E-state index in [9.17, 15) is 38.4 Å². The van der Waals surface area contributed by atoms with Crippen molar-refractivity contribution in [3.63, 3.8) is 0 Å². The molecule has 14 nitrogen and oxygen atoms in total. The van der Waals surface area contributed by atoms with Gasteiger partial charge >= 0.3 is 41.8 Å². The molecule has 4 aromatic carbocycles. The molecule has 6 rings (SSSR count). The molecular formula is C39H29NO13. The van der Waals surface area contributed by atoms with Crippen LogP contribution in [-0.4, -0.2) is 54.2 Å². The van der Waals surface area contributed by atoms with E-state index in [2.05, 4.69) is 21.7 Å². The molecule has 2 aliphatic heterocycles. The molecule has 4 aromatic rings. The molecule has 0 unspecified atom stereocenters. The average molecular weight is 720 g/mol. The molecule has 0 radical (unpaired) electrons. The number of carbonyl (C=O) groups excluding carboxylic acids is 8. The van der Waals surface area contributed by atoms with Gasteiger partial charge in [0, 0.05) is 12.1 Å². The van der Waals surface area contributed by atoms with Crippen molar-refractivity contribution in [2.24, 2.45) is 0 Å². The fraction of sp³-hybridized carbons (Fsp3) is 0.179. The molecule has 1 amide bonds. The number of ether oxygens (including phenoxy) is 5. The molecule has 14 heteroatoms. The van der Waals surface area contributed by atoms with Crippen molar-refractivity contribution in [3.05, 3.63) is 129 Å². The van der Waals surface area contributed by atoms with Crippen molar-refractivity contribution in [1.82, 2.24) is 5.32 Å². The highest BCUT2D eigenvalue weighted by Gasteiger charge is 2.32. The number of cyclic esters (lactones) is 4. The van der Waals surface area contributed by atoms with Crippen molar-refractivity contribution in [2.75, 3.05) is 6.54 Å². The smallest absolute Gasteiger partial charge is 0.346 e. The number of hydrogen-bond acceptors (Lipinski definition) is 13. The second-order valence-corrected chi connectivity index (χ2v) is 11.9. The lowest BCUT2D eigenvalue weighted by Crippen LogP contribution is -2.24. The van der Waals surface area contributed by atoms with Gasteiger partial charge in [0.1, 0.15) is 23.7 Å². The largest absolute Gasteiger partial charge is 0.457 e. The molecule has 0 atom stereocenters. The fourth-order valence-electron chi connectivity index (χ4n) is 5.41. The summed E-state index contributed by atoms with van der Waals surface area (Å²) in [6, 6.07) is 17.1. The third-order valence-electron chi connectivity index (χ3n) is 8.25. The van der Waals surface area contributed by atoms with Gasteiger partial charge in [-0.2, -0.15) is 0 Å². The summed E-state index contributed by atoms with van der Waals surface area (Å²) >= 11 is 0. The number of carbonyl (C=O) groups is 8. The summed E-state index contributed by atoms with van der Waals surface area (Å²) in [6.45, 7) is 2.41. The van der Waals surface area contributed by atoms with Gasteiger partial charge in [0.15, 0.2) is 0 Å². The molecule has 1 N–H and O–H groups in total. The number of amides is 1. The van der Waals surface area contributed by atoms with Gasteiger partial charge < -0.3 is 29.0 Å². The predicted molar refractivity (Wildman–Crippen MR) is 181 cm³/mol. The topological polar surface area (TPSA) is 195 Å². The van der Waals surface area contributed by atoms with Gasteiger partial charge in [-0.3, -0.25) is 4.79 Å². The van der Waals surface area contributed by atoms with Gasteiger partial charge in [0.2, 0.25) is 0 Å². The van der Waals surface area contributed by atoms with Crippen LogP contribution in [0.2, 0.25) is 0 Å². The molecule has 0 saturated carbocycles. The first-order chi connectivity index (χ1) is 25.5. The number of hydrogen-bond donors (Lipinski definition) is 1. The Kier molecular flexibility index (Phi) is 10.5. The molecule has 2 aliphatic rings. The lowest BCUT2D eigenvalue weighted by Gasteiger charge is -2.13. The molecular weight excluding hydrogens is 690 g/mol. The van der Waals surface area contributed by atoms with Crippen LogP contribution >= 0.6 is 0 Å². The van der Waals surface area contributed by atoms with E-state index in [1.807, 2.05) is 0 Å². The molecule has 0 aliphatic carbocycles. The van der Waals surface area contributed by atoms with Gasteiger partial charge in [-0.05, 0) is 78.7 Å². The molecule has 53 heavy (non-hydrogen) atoms. The molecule has 2 heterocycles. The zero-order valence-electron chi connectivity index (χ0n) is 28.1. The Labute approximate surface area is 300 Å². The lowest BCUT2D eigenvalue weighted by atomic mass is 10.1. The Morgan fingerprint density at radius 1 is 0.585 bits per heavy atom. The minimum atomic E-state index is -1.00. The van der Waals surface area contributed by atoms with Gasteiger partial charge in [-0.15, -0.1) is 0 Å². The number of nitrogens with one attached hydrogen (secondary N) is 1. The van der Waals surface area contributed by atoms with Crippen LogP contribution in [0.5, 0.6) is 11.5 Å². The summed E-state index contributed by atoms with van der Waals surface area (Å²) in [5, 5.41) is 2.87. The Balaban J connectivity index is 1.19. The Hall–Kier alpha value is -6.96. The Morgan fingerprint density at radius 3 is 1.75 bits per heavy atom. The molecule has 0 bridgehead atoms. The maximum Gasteiger partial charge on any atom is 0.346 e. The molecule has 0 saturated heterocycles. The lowest BCUT2D eigenvalue weighted by molar-refractivity contribution is 0.0425. The van der Waals surface area contributed by atoms with Crippen LogP contribution in [0.3, 0.4) is 0 Å². The van der Waals surface area contributed by atoms with Crippen LogP contribution < -0.4 is 14.8 Å². The van der Waals surface area contributed by atoms with Crippen molar-refractivity contribution < 1.29 is 62.0 Å². The van der Waals surface area contributed by atoms with Crippen LogP contribution in [-0.2, 0) is 20.8 Å². The highest BCUT2D eigenvalue weighted by molar-refractivity contribution is 6.16. The van der Waals surface area contributed by atoms with E-state index in [-0.39, 0.29) is 63.0 Å². The second kappa shape index (κ2) is 15.5. The standard InChI is InChI=1S/C39H29NO13/c1-2-3-4-5-16-40-32(41)22-8-6-21(7-9-22)20-49-35(44)30-19-25(50-33(42)23-10-13-26-28(17-23)38(47)52-36(26)45)12-15-31(30)51-34(43)24-11-14-27-29(18-24)39(48)53-37(27)46/h6-15,17-19H,2-5,16,20H2,1H3,(H,40,41). The van der Waals surface area contributed by atoms with Crippen LogP contribution in [0.1, 0.15) is 121 Å². The molecule has 268 valence electrons. The van der Waals surface area contributed by atoms with Crippen molar-refractivity contribution >= 4 is 47.7 Å². The van der Waals surface area contributed by atoms with Crippen molar-refractivity contribution in [3.8, 4) is 11.5 Å². The zero-order valence-corrected chi connectivity index (χ0v) is 28.1. The molecule has 0 spiro atoms. The van der Waals surface area contributed by atoms with E-state index in [0.29, 0.717) is 17.7 Å². The summed E-state index contributed by atoms with van der Waals surface area (Å²) in [6.07, 6.45) is 4.08. The number of esters is 7. The summed E-state index contributed by atoms with van der Waals surface area (Å²) < 4.78 is 25.5. The van der Waals surface area contributed by atoms with Gasteiger partial charge in [-0.1, -0.05) is 38.3 Å². The van der Waals surface area contributed by atoms with Crippen LogP contribution in [0, 0.1) is 0 Å². The highest BCUT2D eigenvalue weighted by Crippen LogP contribution is 2.29. The minimum Gasteiger partial charge on any atom is -0.457 e. The summed E-state index contributed by atoms with van der Waals surface area (Å²) in [5.41, 5.74) is 0.114. The highest BCUT2D eigenvalue weighted by atomic mass is 16.6. The van der Waals surface area contributed by atoms with E-state index in [1.165, 1.54) is 36.4 Å². The second-order valence-electron chi connectivity index (χ2n) is 11.9. The van der Waals surface area contributed by atoms with E-state index in [4.69, 9.17) is 14.2 Å². The van der Waals surface area contributed by atoms with Gasteiger partial charge in [0.05, 0.1) is 33.4 Å². The molecule has 0 fully saturated rings. The number of unbranched alkanes of at least 4 members (excludes halogenated alkanes) is 3. The van der Waals surface area contributed by atoms with E-state index < -0.39 is 41.8 Å². The van der Waals surface area contributed by atoms with Crippen LogP contribution in [0.4, 0.5) is 0 Å². The molecule has 0 aromatic heterocycles. The van der Waals surface area contributed by atoms with Crippen molar-refractivity contribution in [1.29, 1.82) is 0 Å². The number of rotatable bonds is 13. The number of fused-ring (bicyclic) bond motifs is 2. The van der Waals surface area contributed by atoms with Crippen LogP contribution in [0.25, 0.3) is 0 Å². The summed E-state index contributed by atoms with van der Waals surface area (Å²) in [7, 11) is 0. The third-order valence-corrected chi connectivity index (χ3v) is 8.25. The normalized spacial score (nSPS) is 12.7. The maximum absolute atomic E-state index is 13.5. The average Bonchev–Trinajstić information content (AvgIpc) is 3.62. The predicted octanol–water partition coefficient (Wildman–Crippen LogP) is 5.41. The minimum absolute atomic E-state index is 0.00896. The van der Waals surface area contributed by atoms with Gasteiger partial charge in [0.25, 0.3) is 5.91 Å². The zero-order chi connectivity index (χ0) is 37.6. The van der Waals surface area contributed by atoms with Crippen LogP contribution in [0.15, 0.2) is 78.9 Å². The van der Waals surface area contributed by atoms with Gasteiger partial charge in [-0.25, -0.2) is 33.6 Å². The van der Waals surface area contributed by atoms with E-state index in [0.717, 1.165) is 43.9 Å². The van der Waals surface area contributed by atoms with Crippen molar-refractivity contribution in [2.45, 2.75) is 39.2 Å². The first kappa shape index (κ1) is 35.9. The Bertz CT molecular complexity index is 2200. The summed E-state index contributed by atoms with van der Waals surface area (Å²) in [5.74, 6) is -7.20. The first-order valence-corrected chi connectivity index (χ1v) is 16.5. The Morgan fingerprint density at radius 2 is 1.15 bits per heavy atom. The summed E-state index contributed by atoms with van der Waals surface area (Å²) in [4.78, 5) is 99.7. The van der Waals surface area contributed by atoms with E-state index >= 15 is 0 Å².